The van der Waals surface area contributed by atoms with Crippen molar-refractivity contribution in [3.05, 3.63) is 23.8 Å². The topological polar surface area (TPSA) is 33.1 Å². The third-order valence-electron chi connectivity index (χ3n) is 0.963. The van der Waals surface area contributed by atoms with Crippen molar-refractivity contribution in [2.45, 2.75) is 0 Å². The maximum absolute atomic E-state index is 12.5. The van der Waals surface area contributed by atoms with Crippen LogP contribution < -0.4 is 0 Å². The van der Waals surface area contributed by atoms with Crippen LogP contribution in [0.3, 0.4) is 0 Å². The van der Waals surface area contributed by atoms with E-state index < -0.39 is 5.82 Å². The molecule has 0 aliphatic carbocycles. The minimum atomic E-state index is -0.678. The van der Waals surface area contributed by atoms with Crippen LogP contribution >= 0.6 is 0 Å². The number of hydrogen-bond donors (Lipinski definition) is 1. The fraction of sp³-hybridized carbons (Fsp3) is 0. The number of pyridine rings is 1. The fourth-order valence-corrected chi connectivity index (χ4v) is 0.534. The molecule has 0 unspecified atom stereocenters. The molecule has 3 heteroatoms. The first kappa shape index (κ1) is 6.56. The van der Waals surface area contributed by atoms with Crippen molar-refractivity contribution in [1.29, 1.82) is 0 Å². The van der Waals surface area contributed by atoms with Crippen molar-refractivity contribution >= 4 is 0 Å². The van der Waals surface area contributed by atoms with Gasteiger partial charge in [0.25, 0.3) is 0 Å². The molecule has 0 fully saturated rings. The molecule has 0 aliphatic heterocycles. The molecule has 1 aromatic heterocycles. The Hall–Kier alpha value is -1.56. The van der Waals surface area contributed by atoms with Crippen molar-refractivity contribution in [2.24, 2.45) is 0 Å². The Balaban J connectivity index is 3.23. The molecular formula is C7H4FNO. The van der Waals surface area contributed by atoms with E-state index in [1.54, 1.807) is 0 Å². The lowest BCUT2D eigenvalue weighted by molar-refractivity contribution is 0.465. The lowest BCUT2D eigenvalue weighted by Crippen LogP contribution is -1.86. The van der Waals surface area contributed by atoms with Gasteiger partial charge in [0.05, 0.1) is 6.20 Å². The summed E-state index contributed by atoms with van der Waals surface area (Å²) in [6, 6.07) is 0.919. The Morgan fingerprint density at radius 3 is 2.90 bits per heavy atom. The molecule has 10 heavy (non-hydrogen) atoms. The van der Waals surface area contributed by atoms with Gasteiger partial charge in [-0.1, -0.05) is 0 Å². The second-order valence-corrected chi connectivity index (χ2v) is 1.67. The van der Waals surface area contributed by atoms with Crippen LogP contribution in [0.1, 0.15) is 5.69 Å². The SMILES string of the molecule is C#Cc1ncc(O)cc1F. The van der Waals surface area contributed by atoms with E-state index in [2.05, 4.69) is 4.98 Å². The van der Waals surface area contributed by atoms with Gasteiger partial charge in [-0.25, -0.2) is 9.37 Å². The zero-order valence-corrected chi connectivity index (χ0v) is 5.00. The van der Waals surface area contributed by atoms with E-state index in [0.717, 1.165) is 12.3 Å². The van der Waals surface area contributed by atoms with Gasteiger partial charge < -0.3 is 5.11 Å². The highest BCUT2D eigenvalue weighted by atomic mass is 19.1. The van der Waals surface area contributed by atoms with Crippen LogP contribution in [-0.2, 0) is 0 Å². The molecule has 0 aliphatic rings. The lowest BCUT2D eigenvalue weighted by atomic mass is 10.3. The molecule has 0 amide bonds. The second-order valence-electron chi connectivity index (χ2n) is 1.67. The van der Waals surface area contributed by atoms with Gasteiger partial charge >= 0.3 is 0 Å². The normalized spacial score (nSPS) is 8.80. The van der Waals surface area contributed by atoms with E-state index >= 15 is 0 Å². The number of terminal acetylenes is 1. The van der Waals surface area contributed by atoms with Gasteiger partial charge in [-0.15, -0.1) is 6.42 Å². The van der Waals surface area contributed by atoms with Gasteiger partial charge in [-0.05, 0) is 5.92 Å². The molecule has 50 valence electrons. The molecule has 2 nitrogen and oxygen atoms in total. The van der Waals surface area contributed by atoms with Crippen molar-refractivity contribution in [3.8, 4) is 18.1 Å². The summed E-state index contributed by atoms with van der Waals surface area (Å²) in [5.74, 6) is 1.12. The summed E-state index contributed by atoms with van der Waals surface area (Å²) in [7, 11) is 0. The fourth-order valence-electron chi connectivity index (χ4n) is 0.534. The zero-order chi connectivity index (χ0) is 7.56. The van der Waals surface area contributed by atoms with Gasteiger partial charge in [-0.3, -0.25) is 0 Å². The Morgan fingerprint density at radius 1 is 1.70 bits per heavy atom. The van der Waals surface area contributed by atoms with Crippen LogP contribution in [0.4, 0.5) is 4.39 Å². The molecule has 1 rings (SSSR count). The van der Waals surface area contributed by atoms with Crippen LogP contribution in [0.5, 0.6) is 5.75 Å². The highest BCUT2D eigenvalue weighted by Crippen LogP contribution is 2.10. The molecule has 1 N–H and O–H groups in total. The van der Waals surface area contributed by atoms with E-state index in [-0.39, 0.29) is 11.4 Å². The molecule has 0 spiro atoms. The first-order valence-corrected chi connectivity index (χ1v) is 2.55. The number of rotatable bonds is 0. The van der Waals surface area contributed by atoms with E-state index in [4.69, 9.17) is 11.5 Å². The first-order valence-electron chi connectivity index (χ1n) is 2.55. The largest absolute Gasteiger partial charge is 0.506 e. The zero-order valence-electron chi connectivity index (χ0n) is 5.00. The predicted octanol–water partition coefficient (Wildman–Crippen LogP) is 0.908. The molecule has 0 atom stereocenters. The van der Waals surface area contributed by atoms with Crippen LogP contribution in [-0.4, -0.2) is 10.1 Å². The summed E-state index contributed by atoms with van der Waals surface area (Å²) in [6.07, 6.45) is 5.96. The molecule has 1 heterocycles. The van der Waals surface area contributed by atoms with Crippen molar-refractivity contribution in [2.75, 3.05) is 0 Å². The van der Waals surface area contributed by atoms with Crippen molar-refractivity contribution < 1.29 is 9.50 Å². The summed E-state index contributed by atoms with van der Waals surface area (Å²) in [5, 5.41) is 8.66. The maximum atomic E-state index is 12.5. The molecule has 0 aromatic carbocycles. The summed E-state index contributed by atoms with van der Waals surface area (Å²) < 4.78 is 12.5. The van der Waals surface area contributed by atoms with Crippen LogP contribution in [0.15, 0.2) is 12.3 Å². The minimum absolute atomic E-state index is 0.0854. The highest BCUT2D eigenvalue weighted by Gasteiger charge is 1.99. The third kappa shape index (κ3) is 1.06. The van der Waals surface area contributed by atoms with Gasteiger partial charge in [-0.2, -0.15) is 0 Å². The Morgan fingerprint density at radius 2 is 2.40 bits per heavy atom. The van der Waals surface area contributed by atoms with Gasteiger partial charge in [0.15, 0.2) is 5.82 Å². The van der Waals surface area contributed by atoms with E-state index in [0.29, 0.717) is 0 Å². The monoisotopic (exact) mass is 137 g/mol. The predicted molar refractivity (Wildman–Crippen MR) is 33.8 cm³/mol. The van der Waals surface area contributed by atoms with Crippen LogP contribution in [0, 0.1) is 18.2 Å². The first-order chi connectivity index (χ1) is 4.74. The summed E-state index contributed by atoms with van der Waals surface area (Å²) in [4.78, 5) is 3.44. The quantitative estimate of drug-likeness (QED) is 0.539. The van der Waals surface area contributed by atoms with E-state index in [1.807, 2.05) is 5.92 Å². The summed E-state index contributed by atoms with van der Waals surface area (Å²) in [6.45, 7) is 0. The average Bonchev–Trinajstić information content (AvgIpc) is 1.88. The lowest BCUT2D eigenvalue weighted by Gasteiger charge is -1.92. The molecule has 0 saturated carbocycles. The standard InChI is InChI=1S/C7H4FNO/c1-2-7-6(8)3-5(10)4-9-7/h1,3-4,10H. The number of aromatic nitrogens is 1. The van der Waals surface area contributed by atoms with Crippen LogP contribution in [0.2, 0.25) is 0 Å². The van der Waals surface area contributed by atoms with Crippen molar-refractivity contribution in [3.63, 3.8) is 0 Å². The highest BCUT2D eigenvalue weighted by molar-refractivity contribution is 5.29. The number of nitrogens with zero attached hydrogens (tertiary/aromatic N) is 1. The maximum Gasteiger partial charge on any atom is 0.161 e. The van der Waals surface area contributed by atoms with Crippen LogP contribution in [0.25, 0.3) is 0 Å². The molecular weight excluding hydrogens is 133 g/mol. The van der Waals surface area contributed by atoms with Gasteiger partial charge in [0, 0.05) is 6.07 Å². The molecule has 1 aromatic rings. The number of hydrogen-bond acceptors (Lipinski definition) is 2. The Labute approximate surface area is 57.3 Å². The number of halogens is 1. The third-order valence-corrected chi connectivity index (χ3v) is 0.963. The van der Waals surface area contributed by atoms with Crippen molar-refractivity contribution in [1.82, 2.24) is 4.98 Å². The smallest absolute Gasteiger partial charge is 0.161 e. The van der Waals surface area contributed by atoms with E-state index in [1.165, 1.54) is 0 Å². The average molecular weight is 137 g/mol. The summed E-state index contributed by atoms with van der Waals surface area (Å²) >= 11 is 0. The van der Waals surface area contributed by atoms with Gasteiger partial charge in [0.2, 0.25) is 0 Å². The Kier molecular flexibility index (Phi) is 1.55. The molecule has 0 saturated heterocycles. The minimum Gasteiger partial charge on any atom is -0.506 e. The Bertz CT molecular complexity index is 290. The van der Waals surface area contributed by atoms with E-state index in [9.17, 15) is 4.39 Å². The number of aromatic hydroxyl groups is 1. The molecule has 0 bridgehead atoms. The van der Waals surface area contributed by atoms with Gasteiger partial charge in [0.1, 0.15) is 11.4 Å². The molecule has 0 radical (unpaired) electrons. The summed E-state index contributed by atoms with van der Waals surface area (Å²) in [5.41, 5.74) is -0.0854. The second kappa shape index (κ2) is 2.36.